The van der Waals surface area contributed by atoms with Gasteiger partial charge in [0.05, 0.1) is 18.6 Å². The van der Waals surface area contributed by atoms with Gasteiger partial charge in [-0.3, -0.25) is 4.79 Å². The van der Waals surface area contributed by atoms with E-state index in [1.807, 2.05) is 0 Å². The third kappa shape index (κ3) is 3.83. The van der Waals surface area contributed by atoms with Crippen molar-refractivity contribution >= 4 is 17.9 Å². The summed E-state index contributed by atoms with van der Waals surface area (Å²) in [6.45, 7) is 0.593. The summed E-state index contributed by atoms with van der Waals surface area (Å²) in [5, 5.41) is 13.9. The molecule has 2 aliphatic rings. The minimum atomic E-state index is -1.31. The summed E-state index contributed by atoms with van der Waals surface area (Å²) in [6, 6.07) is -2.03. The summed E-state index contributed by atoms with van der Waals surface area (Å²) in [4.78, 5) is 33.5. The molecule has 0 aromatic heterocycles. The monoisotopic (exact) mass is 285 g/mol. The molecule has 5 N–H and O–H groups in total. The number of carbonyl (C=O) groups is 3. The minimum absolute atomic E-state index is 0.0140. The highest BCUT2D eigenvalue weighted by molar-refractivity contribution is 5.87. The Labute approximate surface area is 116 Å². The number of nitrogens with two attached hydrogens (primary N) is 1. The Bertz CT molecular complexity index is 410. The van der Waals surface area contributed by atoms with Gasteiger partial charge < -0.3 is 26.2 Å². The largest absolute Gasteiger partial charge is 0.480 e. The molecular formula is C12H19N3O5. The Morgan fingerprint density at radius 2 is 2.00 bits per heavy atom. The van der Waals surface area contributed by atoms with Gasteiger partial charge in [-0.25, -0.2) is 9.59 Å². The van der Waals surface area contributed by atoms with Gasteiger partial charge in [0, 0.05) is 6.61 Å². The molecule has 1 aliphatic heterocycles. The fraction of sp³-hybridized carbons (Fsp3) is 0.750. The van der Waals surface area contributed by atoms with Gasteiger partial charge in [-0.15, -0.1) is 0 Å². The molecule has 1 heterocycles. The van der Waals surface area contributed by atoms with Crippen LogP contribution in [0.4, 0.5) is 4.79 Å². The Kier molecular flexibility index (Phi) is 4.43. The van der Waals surface area contributed by atoms with Gasteiger partial charge >= 0.3 is 12.0 Å². The summed E-state index contributed by atoms with van der Waals surface area (Å²) < 4.78 is 5.57. The average Bonchev–Trinajstić information content (AvgIpc) is 3.09. The second-order valence-corrected chi connectivity index (χ2v) is 5.25. The molecule has 0 aromatic carbocycles. The zero-order chi connectivity index (χ0) is 14.7. The van der Waals surface area contributed by atoms with Crippen LogP contribution in [0.2, 0.25) is 0 Å². The van der Waals surface area contributed by atoms with E-state index in [1.54, 1.807) is 0 Å². The molecule has 2 fully saturated rings. The number of carboxylic acids is 1. The zero-order valence-corrected chi connectivity index (χ0v) is 11.0. The average molecular weight is 285 g/mol. The molecule has 0 spiro atoms. The molecule has 0 bridgehead atoms. The first-order valence-electron chi connectivity index (χ1n) is 6.67. The van der Waals surface area contributed by atoms with Crippen LogP contribution in [0, 0.1) is 5.92 Å². The highest BCUT2D eigenvalue weighted by atomic mass is 16.5. The fourth-order valence-electron chi connectivity index (χ4n) is 2.42. The smallest absolute Gasteiger partial charge is 0.326 e. The lowest BCUT2D eigenvalue weighted by molar-refractivity contribution is -0.140. The second kappa shape index (κ2) is 6.08. The number of nitrogens with one attached hydrogen (secondary N) is 2. The minimum Gasteiger partial charge on any atom is -0.480 e. The predicted octanol–water partition coefficient (Wildman–Crippen LogP) is -0.818. The van der Waals surface area contributed by atoms with E-state index in [9.17, 15) is 14.4 Å². The van der Waals surface area contributed by atoms with Crippen LogP contribution in [0.3, 0.4) is 0 Å². The van der Waals surface area contributed by atoms with Gasteiger partial charge in [0.2, 0.25) is 5.91 Å². The molecular weight excluding hydrogens is 266 g/mol. The lowest BCUT2D eigenvalue weighted by atomic mass is 10.1. The molecule has 112 valence electrons. The van der Waals surface area contributed by atoms with Crippen LogP contribution < -0.4 is 16.4 Å². The normalized spacial score (nSPS) is 26.8. The van der Waals surface area contributed by atoms with Crippen LogP contribution >= 0.6 is 0 Å². The number of amides is 3. The summed E-state index contributed by atoms with van der Waals surface area (Å²) in [5.74, 6) is -1.58. The van der Waals surface area contributed by atoms with E-state index in [0.717, 1.165) is 12.8 Å². The number of hydrogen-bond acceptors (Lipinski definition) is 4. The maximum atomic E-state index is 11.8. The molecule has 0 aromatic rings. The summed E-state index contributed by atoms with van der Waals surface area (Å²) in [7, 11) is 0. The molecule has 1 saturated carbocycles. The molecule has 0 radical (unpaired) electrons. The molecule has 1 aliphatic carbocycles. The highest BCUT2D eigenvalue weighted by Gasteiger charge is 2.41. The highest BCUT2D eigenvalue weighted by Crippen LogP contribution is 2.38. The summed E-state index contributed by atoms with van der Waals surface area (Å²) in [6.07, 6.45) is 2.49. The predicted molar refractivity (Wildman–Crippen MR) is 67.8 cm³/mol. The lowest BCUT2D eigenvalue weighted by Gasteiger charge is -2.21. The zero-order valence-electron chi connectivity index (χ0n) is 11.0. The molecule has 8 nitrogen and oxygen atoms in total. The maximum absolute atomic E-state index is 11.8. The first-order valence-corrected chi connectivity index (χ1v) is 6.67. The first-order chi connectivity index (χ1) is 9.47. The van der Waals surface area contributed by atoms with Crippen molar-refractivity contribution in [3.63, 3.8) is 0 Å². The molecule has 2 unspecified atom stereocenters. The number of carboxylic acid groups (broad SMARTS) is 1. The Balaban J connectivity index is 1.84. The fourth-order valence-corrected chi connectivity index (χ4v) is 2.42. The van der Waals surface area contributed by atoms with Gasteiger partial charge in [-0.2, -0.15) is 0 Å². The van der Waals surface area contributed by atoms with E-state index in [-0.39, 0.29) is 12.1 Å². The van der Waals surface area contributed by atoms with E-state index < -0.39 is 30.4 Å². The topological polar surface area (TPSA) is 131 Å². The third-order valence-corrected chi connectivity index (χ3v) is 3.55. The van der Waals surface area contributed by atoms with E-state index in [1.165, 1.54) is 0 Å². The van der Waals surface area contributed by atoms with Gasteiger partial charge in [-0.05, 0) is 25.2 Å². The maximum Gasteiger partial charge on any atom is 0.326 e. The van der Waals surface area contributed by atoms with Crippen molar-refractivity contribution < 1.29 is 24.2 Å². The summed E-state index contributed by atoms with van der Waals surface area (Å²) in [5.41, 5.74) is 4.95. The van der Waals surface area contributed by atoms with Gasteiger partial charge in [0.15, 0.2) is 0 Å². The van der Waals surface area contributed by atoms with Crippen LogP contribution in [-0.2, 0) is 14.3 Å². The first kappa shape index (κ1) is 14.6. The molecule has 1 saturated heterocycles. The van der Waals surface area contributed by atoms with Gasteiger partial charge in [-0.1, -0.05) is 0 Å². The number of rotatable bonds is 6. The van der Waals surface area contributed by atoms with Crippen LogP contribution in [0.25, 0.3) is 0 Å². The quantitative estimate of drug-likeness (QED) is 0.506. The van der Waals surface area contributed by atoms with E-state index in [2.05, 4.69) is 10.6 Å². The van der Waals surface area contributed by atoms with E-state index >= 15 is 0 Å². The van der Waals surface area contributed by atoms with Crippen molar-refractivity contribution in [2.45, 2.75) is 43.9 Å². The van der Waals surface area contributed by atoms with Gasteiger partial charge in [0.25, 0.3) is 0 Å². The molecule has 3 atom stereocenters. The van der Waals surface area contributed by atoms with Crippen LogP contribution in [0.15, 0.2) is 0 Å². The SMILES string of the molecule is NC(=O)C[C@@H](NC(=O)NC1CCOC1C1CC1)C(=O)O. The molecule has 20 heavy (non-hydrogen) atoms. The van der Waals surface area contributed by atoms with Crippen molar-refractivity contribution in [1.82, 2.24) is 10.6 Å². The van der Waals surface area contributed by atoms with Crippen molar-refractivity contribution in [3.8, 4) is 0 Å². The number of urea groups is 1. The van der Waals surface area contributed by atoms with Crippen molar-refractivity contribution in [1.29, 1.82) is 0 Å². The lowest BCUT2D eigenvalue weighted by Crippen LogP contribution is -2.52. The Morgan fingerprint density at radius 3 is 2.55 bits per heavy atom. The van der Waals surface area contributed by atoms with Crippen molar-refractivity contribution in [2.24, 2.45) is 11.7 Å². The van der Waals surface area contributed by atoms with Crippen molar-refractivity contribution in [2.75, 3.05) is 6.61 Å². The second-order valence-electron chi connectivity index (χ2n) is 5.25. The number of hydrogen-bond donors (Lipinski definition) is 4. The summed E-state index contributed by atoms with van der Waals surface area (Å²) >= 11 is 0. The number of carbonyl (C=O) groups excluding carboxylic acids is 2. The van der Waals surface area contributed by atoms with E-state index in [4.69, 9.17) is 15.6 Å². The number of aliphatic carboxylic acids is 1. The Hall–Kier alpha value is -1.83. The molecule has 8 heteroatoms. The van der Waals surface area contributed by atoms with Crippen molar-refractivity contribution in [3.05, 3.63) is 0 Å². The molecule has 2 rings (SSSR count). The molecule has 3 amide bonds. The van der Waals surface area contributed by atoms with Crippen LogP contribution in [0.5, 0.6) is 0 Å². The number of ether oxygens (including phenoxy) is 1. The Morgan fingerprint density at radius 1 is 1.30 bits per heavy atom. The standard InChI is InChI=1S/C12H19N3O5/c13-9(16)5-8(11(17)18)15-12(19)14-7-3-4-20-10(7)6-1-2-6/h6-8,10H,1-5H2,(H2,13,16)(H,17,18)(H2,14,15,19)/t7?,8-,10?/m1/s1. The van der Waals surface area contributed by atoms with Crippen LogP contribution in [0.1, 0.15) is 25.7 Å². The van der Waals surface area contributed by atoms with E-state index in [0.29, 0.717) is 18.9 Å². The third-order valence-electron chi connectivity index (χ3n) is 3.55. The van der Waals surface area contributed by atoms with Crippen LogP contribution in [-0.4, -0.2) is 47.8 Å². The number of primary amides is 1. The van der Waals surface area contributed by atoms with Gasteiger partial charge in [0.1, 0.15) is 6.04 Å².